The topological polar surface area (TPSA) is 6.48 Å². The lowest BCUT2D eigenvalue weighted by Crippen LogP contribution is -2.30. The molecule has 0 radical (unpaired) electrons. The smallest absolute Gasteiger partial charge is 0.0234 e. The highest BCUT2D eigenvalue weighted by Crippen LogP contribution is 2.17. The van der Waals surface area contributed by atoms with E-state index in [-0.39, 0.29) is 0 Å². The molecule has 1 aliphatic heterocycles. The molecule has 0 spiro atoms. The number of nitrogens with zero attached hydrogens (tertiary/aromatic N) is 2. The van der Waals surface area contributed by atoms with Crippen LogP contribution in [0, 0.1) is 0 Å². The van der Waals surface area contributed by atoms with Crippen LogP contribution in [0.1, 0.15) is 24.8 Å². The van der Waals surface area contributed by atoms with E-state index in [0.717, 1.165) is 18.8 Å². The fourth-order valence-corrected chi connectivity index (χ4v) is 4.12. The van der Waals surface area contributed by atoms with Gasteiger partial charge in [0.05, 0.1) is 0 Å². The predicted octanol–water partition coefficient (Wildman–Crippen LogP) is 4.96. The molecular weight excluding hydrogens is 324 g/mol. The summed E-state index contributed by atoms with van der Waals surface area (Å²) in [5, 5.41) is 0. The van der Waals surface area contributed by atoms with Gasteiger partial charge in [0.2, 0.25) is 0 Å². The van der Waals surface area contributed by atoms with Crippen LogP contribution in [0.5, 0.6) is 0 Å². The zero-order valence-corrected chi connectivity index (χ0v) is 16.2. The number of rotatable bonds is 12. The summed E-state index contributed by atoms with van der Waals surface area (Å²) < 4.78 is 0. The van der Waals surface area contributed by atoms with E-state index in [9.17, 15) is 0 Å². The van der Waals surface area contributed by atoms with Crippen LogP contribution in [-0.2, 0) is 6.54 Å². The number of benzene rings is 1. The summed E-state index contributed by atoms with van der Waals surface area (Å²) in [7, 11) is 0. The van der Waals surface area contributed by atoms with Crippen molar-refractivity contribution in [1.82, 2.24) is 9.80 Å². The lowest BCUT2D eigenvalue weighted by Gasteiger charge is -2.24. The summed E-state index contributed by atoms with van der Waals surface area (Å²) in [5.41, 5.74) is 1.40. The highest BCUT2D eigenvalue weighted by atomic mass is 32.2. The van der Waals surface area contributed by atoms with Crippen LogP contribution in [0.3, 0.4) is 0 Å². The largest absolute Gasteiger partial charge is 0.303 e. The lowest BCUT2D eigenvalue weighted by atomic mass is 10.2. The summed E-state index contributed by atoms with van der Waals surface area (Å²) in [6, 6.07) is 10.8. The Hall–Kier alpha value is -1.29. The van der Waals surface area contributed by atoms with Crippen LogP contribution >= 0.6 is 11.8 Å². The fourth-order valence-electron chi connectivity index (χ4n) is 3.22. The molecule has 0 aromatic heterocycles. The first-order chi connectivity index (χ1) is 12.3. The summed E-state index contributed by atoms with van der Waals surface area (Å²) in [6.45, 7) is 14.8. The zero-order chi connectivity index (χ0) is 17.7. The number of thioether (sulfide) groups is 1. The molecule has 1 saturated heterocycles. The maximum atomic E-state index is 3.88. The molecule has 0 bridgehead atoms. The molecule has 1 aromatic carbocycles. The first kappa shape index (κ1) is 20.0. The lowest BCUT2D eigenvalue weighted by molar-refractivity contribution is 0.249. The molecule has 25 heavy (non-hydrogen) atoms. The molecule has 3 heteroatoms. The van der Waals surface area contributed by atoms with E-state index in [2.05, 4.69) is 53.3 Å². The molecule has 2 rings (SSSR count). The zero-order valence-electron chi connectivity index (χ0n) is 15.4. The van der Waals surface area contributed by atoms with Gasteiger partial charge in [0.25, 0.3) is 0 Å². The van der Waals surface area contributed by atoms with Crippen molar-refractivity contribution in [2.45, 2.75) is 25.8 Å². The first-order valence-corrected chi connectivity index (χ1v) is 10.4. The first-order valence-electron chi connectivity index (χ1n) is 9.38. The molecule has 1 aromatic rings. The van der Waals surface area contributed by atoms with Gasteiger partial charge in [0, 0.05) is 23.7 Å². The second kappa shape index (κ2) is 12.1. The van der Waals surface area contributed by atoms with Crippen LogP contribution < -0.4 is 0 Å². The van der Waals surface area contributed by atoms with Crippen LogP contribution in [0.2, 0.25) is 0 Å². The molecule has 0 unspecified atom stereocenters. The maximum Gasteiger partial charge on any atom is 0.0234 e. The Bertz CT molecular complexity index is 532. The van der Waals surface area contributed by atoms with E-state index >= 15 is 0 Å². The van der Waals surface area contributed by atoms with E-state index in [1.54, 1.807) is 0 Å². The fraction of sp³-hybridized carbons (Fsp3) is 0.455. The molecule has 136 valence electrons. The number of allylic oxidation sites excluding steroid dienone is 3. The van der Waals surface area contributed by atoms with Crippen LogP contribution in [0.15, 0.2) is 66.6 Å². The molecule has 0 atom stereocenters. The average molecular weight is 357 g/mol. The Morgan fingerprint density at radius 1 is 1.12 bits per heavy atom. The number of hydrogen-bond donors (Lipinski definition) is 0. The minimum Gasteiger partial charge on any atom is -0.303 e. The molecule has 0 N–H and O–H groups in total. The highest BCUT2D eigenvalue weighted by Gasteiger charge is 2.12. The maximum absolute atomic E-state index is 3.88. The molecule has 1 aliphatic rings. The Morgan fingerprint density at radius 3 is 2.56 bits per heavy atom. The van der Waals surface area contributed by atoms with Crippen molar-refractivity contribution in [2.24, 2.45) is 0 Å². The van der Waals surface area contributed by atoms with Gasteiger partial charge in [-0.2, -0.15) is 0 Å². The summed E-state index contributed by atoms with van der Waals surface area (Å²) >= 11 is 1.86. The Balaban J connectivity index is 1.81. The van der Waals surface area contributed by atoms with E-state index in [4.69, 9.17) is 0 Å². The Labute approximate surface area is 158 Å². The summed E-state index contributed by atoms with van der Waals surface area (Å²) in [5.74, 6) is 1.09. The third-order valence-electron chi connectivity index (χ3n) is 4.56. The number of likely N-dealkylation sites (tertiary alicyclic amines) is 1. The third kappa shape index (κ3) is 8.08. The van der Waals surface area contributed by atoms with E-state index in [0.29, 0.717) is 0 Å². The van der Waals surface area contributed by atoms with Crippen molar-refractivity contribution in [3.8, 4) is 0 Å². The third-order valence-corrected chi connectivity index (χ3v) is 5.58. The quantitative estimate of drug-likeness (QED) is 0.489. The van der Waals surface area contributed by atoms with Gasteiger partial charge in [-0.15, -0.1) is 11.8 Å². The molecule has 2 nitrogen and oxygen atoms in total. The second-order valence-corrected chi connectivity index (χ2v) is 7.69. The highest BCUT2D eigenvalue weighted by molar-refractivity contribution is 8.03. The monoisotopic (exact) mass is 356 g/mol. The molecular formula is C22H32N2S. The van der Waals surface area contributed by atoms with Gasteiger partial charge >= 0.3 is 0 Å². The van der Waals surface area contributed by atoms with Gasteiger partial charge in [-0.3, -0.25) is 4.90 Å². The molecule has 1 fully saturated rings. The second-order valence-electron chi connectivity index (χ2n) is 6.52. The van der Waals surface area contributed by atoms with Gasteiger partial charge < -0.3 is 4.90 Å². The van der Waals surface area contributed by atoms with Gasteiger partial charge in [-0.25, -0.2) is 0 Å². The van der Waals surface area contributed by atoms with Crippen molar-refractivity contribution in [3.05, 3.63) is 72.2 Å². The van der Waals surface area contributed by atoms with E-state index in [1.165, 1.54) is 55.9 Å². The SMILES string of the molecule is C=C/C=C(\C=C)SCCN(CCCN1CCCC1)Cc1ccccc1. The molecule has 0 amide bonds. The molecule has 1 heterocycles. The van der Waals surface area contributed by atoms with Crippen LogP contribution in [-0.4, -0.2) is 48.3 Å². The van der Waals surface area contributed by atoms with Crippen molar-refractivity contribution in [2.75, 3.05) is 38.5 Å². The van der Waals surface area contributed by atoms with Gasteiger partial charge in [0.1, 0.15) is 0 Å². The summed E-state index contributed by atoms with van der Waals surface area (Å²) in [6.07, 6.45) is 9.80. The number of hydrogen-bond acceptors (Lipinski definition) is 3. The Kier molecular flexibility index (Phi) is 9.71. The normalized spacial score (nSPS) is 15.6. The van der Waals surface area contributed by atoms with Gasteiger partial charge in [-0.1, -0.05) is 55.6 Å². The minimum absolute atomic E-state index is 1.04. The molecule has 0 aliphatic carbocycles. The molecule has 0 saturated carbocycles. The minimum atomic E-state index is 1.04. The van der Waals surface area contributed by atoms with Crippen molar-refractivity contribution in [3.63, 3.8) is 0 Å². The van der Waals surface area contributed by atoms with E-state index in [1.807, 2.05) is 30.0 Å². The van der Waals surface area contributed by atoms with E-state index < -0.39 is 0 Å². The van der Waals surface area contributed by atoms with Gasteiger partial charge in [-0.05, 0) is 57.1 Å². The average Bonchev–Trinajstić information content (AvgIpc) is 3.15. The standard InChI is InChI=1S/C22H32N2S/c1-3-11-22(4-2)25-19-18-24(20-21-12-6-5-7-13-21)17-10-16-23-14-8-9-15-23/h3-7,11-13H,1-2,8-10,14-20H2/b22-11+. The van der Waals surface area contributed by atoms with Gasteiger partial charge in [0.15, 0.2) is 0 Å². The Morgan fingerprint density at radius 2 is 1.88 bits per heavy atom. The van der Waals surface area contributed by atoms with Crippen LogP contribution in [0.25, 0.3) is 0 Å². The van der Waals surface area contributed by atoms with Crippen molar-refractivity contribution < 1.29 is 0 Å². The van der Waals surface area contributed by atoms with Crippen molar-refractivity contribution >= 4 is 11.8 Å². The van der Waals surface area contributed by atoms with Crippen molar-refractivity contribution in [1.29, 1.82) is 0 Å². The summed E-state index contributed by atoms with van der Waals surface area (Å²) in [4.78, 5) is 6.40. The van der Waals surface area contributed by atoms with Crippen LogP contribution in [0.4, 0.5) is 0 Å². The predicted molar refractivity (Wildman–Crippen MR) is 113 cm³/mol.